The molecule has 3 N–H and O–H groups in total. The molecular formula is C22H22N4O3. The van der Waals surface area contributed by atoms with Crippen molar-refractivity contribution < 1.29 is 9.59 Å². The summed E-state index contributed by atoms with van der Waals surface area (Å²) in [5, 5.41) is 6.36. The highest BCUT2D eigenvalue weighted by Gasteiger charge is 2.13. The average molecular weight is 390 g/mol. The summed E-state index contributed by atoms with van der Waals surface area (Å²) < 4.78 is 0. The molecular weight excluding hydrogens is 368 g/mol. The van der Waals surface area contributed by atoms with E-state index in [1.165, 1.54) is 0 Å². The molecule has 2 amide bonds. The Labute approximate surface area is 167 Å². The van der Waals surface area contributed by atoms with Crippen LogP contribution in [0.3, 0.4) is 0 Å². The number of hydrogen-bond donors (Lipinski definition) is 3. The summed E-state index contributed by atoms with van der Waals surface area (Å²) in [7, 11) is 0. The zero-order valence-corrected chi connectivity index (χ0v) is 16.0. The number of rotatable bonds is 5. The molecule has 0 aliphatic carbocycles. The molecule has 0 saturated heterocycles. The van der Waals surface area contributed by atoms with E-state index in [9.17, 15) is 14.4 Å². The molecule has 1 aliphatic heterocycles. The molecule has 1 aromatic heterocycles. The molecule has 0 spiro atoms. The standard InChI is InChI=1S/C22H22N4O3/c27-20(23-15-11-12-17-14(13-15)5-3-9-21(28)25-17)10-4-8-19-24-18-7-2-1-6-16(18)22(29)26-19/h1-2,6-7,11-13H,3-5,8-10H2,(H,23,27)(H,25,28)(H,24,26,29). The molecule has 0 bridgehead atoms. The third-order valence-corrected chi connectivity index (χ3v) is 4.99. The van der Waals surface area contributed by atoms with Crippen molar-refractivity contribution in [2.24, 2.45) is 0 Å². The van der Waals surface area contributed by atoms with Crippen LogP contribution >= 0.6 is 0 Å². The first kappa shape index (κ1) is 18.9. The third-order valence-electron chi connectivity index (χ3n) is 4.99. The van der Waals surface area contributed by atoms with Gasteiger partial charge in [-0.05, 0) is 55.2 Å². The van der Waals surface area contributed by atoms with Crippen molar-refractivity contribution in [3.8, 4) is 0 Å². The number of H-pyrrole nitrogens is 1. The van der Waals surface area contributed by atoms with Gasteiger partial charge in [0, 0.05) is 30.6 Å². The first-order chi connectivity index (χ1) is 14.1. The van der Waals surface area contributed by atoms with Gasteiger partial charge in [-0.1, -0.05) is 12.1 Å². The van der Waals surface area contributed by atoms with E-state index in [0.29, 0.717) is 42.4 Å². The van der Waals surface area contributed by atoms with E-state index in [-0.39, 0.29) is 17.4 Å². The van der Waals surface area contributed by atoms with Crippen molar-refractivity contribution in [2.45, 2.75) is 38.5 Å². The zero-order valence-electron chi connectivity index (χ0n) is 16.0. The summed E-state index contributed by atoms with van der Waals surface area (Å²) in [6.45, 7) is 0. The fraction of sp³-hybridized carbons (Fsp3) is 0.273. The molecule has 0 unspecified atom stereocenters. The van der Waals surface area contributed by atoms with Crippen molar-refractivity contribution in [1.29, 1.82) is 0 Å². The Bertz CT molecular complexity index is 1140. The molecule has 4 rings (SSSR count). The van der Waals surface area contributed by atoms with E-state index in [4.69, 9.17) is 0 Å². The Morgan fingerprint density at radius 1 is 1.10 bits per heavy atom. The molecule has 148 valence electrons. The number of aryl methyl sites for hydroxylation is 2. The lowest BCUT2D eigenvalue weighted by Gasteiger charge is -2.10. The number of nitrogens with one attached hydrogen (secondary N) is 3. The van der Waals surface area contributed by atoms with Crippen LogP contribution in [0.2, 0.25) is 0 Å². The largest absolute Gasteiger partial charge is 0.326 e. The summed E-state index contributed by atoms with van der Waals surface area (Å²) in [4.78, 5) is 43.3. The minimum absolute atomic E-state index is 0.0286. The van der Waals surface area contributed by atoms with Crippen LogP contribution in [0.5, 0.6) is 0 Å². The minimum atomic E-state index is -0.160. The molecule has 3 aromatic rings. The lowest BCUT2D eigenvalue weighted by molar-refractivity contribution is -0.117. The SMILES string of the molecule is O=C(CCCc1nc2ccccc2c(=O)[nH]1)Nc1ccc2c(c1)CCCC(=O)N2. The number of aromatic nitrogens is 2. The summed E-state index contributed by atoms with van der Waals surface area (Å²) in [6, 6.07) is 12.7. The number of aromatic amines is 1. The third kappa shape index (κ3) is 4.51. The highest BCUT2D eigenvalue weighted by Crippen LogP contribution is 2.25. The van der Waals surface area contributed by atoms with Gasteiger partial charge in [0.05, 0.1) is 10.9 Å². The lowest BCUT2D eigenvalue weighted by atomic mass is 10.1. The zero-order chi connectivity index (χ0) is 20.2. The Kier molecular flexibility index (Phi) is 5.37. The molecule has 2 aromatic carbocycles. The summed E-state index contributed by atoms with van der Waals surface area (Å²) >= 11 is 0. The summed E-state index contributed by atoms with van der Waals surface area (Å²) in [5.74, 6) is 0.522. The highest BCUT2D eigenvalue weighted by molar-refractivity contribution is 5.94. The number of fused-ring (bicyclic) bond motifs is 2. The second kappa shape index (κ2) is 8.26. The number of benzene rings is 2. The second-order valence-corrected chi connectivity index (χ2v) is 7.21. The predicted molar refractivity (Wildman–Crippen MR) is 112 cm³/mol. The normalized spacial score (nSPS) is 13.4. The number of nitrogens with zero attached hydrogens (tertiary/aromatic N) is 1. The van der Waals surface area contributed by atoms with Crippen molar-refractivity contribution in [3.63, 3.8) is 0 Å². The van der Waals surface area contributed by atoms with Gasteiger partial charge < -0.3 is 15.6 Å². The van der Waals surface area contributed by atoms with E-state index >= 15 is 0 Å². The van der Waals surface area contributed by atoms with E-state index < -0.39 is 0 Å². The fourth-order valence-corrected chi connectivity index (χ4v) is 3.55. The number of carbonyl (C=O) groups excluding carboxylic acids is 2. The minimum Gasteiger partial charge on any atom is -0.326 e. The van der Waals surface area contributed by atoms with Gasteiger partial charge in [-0.25, -0.2) is 4.98 Å². The molecule has 0 radical (unpaired) electrons. The Morgan fingerprint density at radius 2 is 1.97 bits per heavy atom. The molecule has 7 nitrogen and oxygen atoms in total. The van der Waals surface area contributed by atoms with Crippen LogP contribution in [0.1, 0.15) is 37.1 Å². The summed E-state index contributed by atoms with van der Waals surface area (Å²) in [6.07, 6.45) is 3.54. The number of hydrogen-bond acceptors (Lipinski definition) is 4. The van der Waals surface area contributed by atoms with Crippen molar-refractivity contribution in [1.82, 2.24) is 9.97 Å². The number of carbonyl (C=O) groups is 2. The van der Waals surface area contributed by atoms with Crippen LogP contribution in [-0.4, -0.2) is 21.8 Å². The van der Waals surface area contributed by atoms with Crippen molar-refractivity contribution in [3.05, 3.63) is 64.2 Å². The number of para-hydroxylation sites is 1. The van der Waals surface area contributed by atoms with Crippen molar-refractivity contribution >= 4 is 34.1 Å². The van der Waals surface area contributed by atoms with Crippen LogP contribution < -0.4 is 16.2 Å². The van der Waals surface area contributed by atoms with Crippen LogP contribution in [0, 0.1) is 0 Å². The van der Waals surface area contributed by atoms with Gasteiger partial charge in [0.1, 0.15) is 5.82 Å². The summed E-state index contributed by atoms with van der Waals surface area (Å²) in [5.41, 5.74) is 3.07. The van der Waals surface area contributed by atoms with Gasteiger partial charge in [-0.2, -0.15) is 0 Å². The fourth-order valence-electron chi connectivity index (χ4n) is 3.55. The quantitative estimate of drug-likeness (QED) is 0.622. The first-order valence-corrected chi connectivity index (χ1v) is 9.79. The molecule has 29 heavy (non-hydrogen) atoms. The van der Waals surface area contributed by atoms with Crippen LogP contribution in [0.4, 0.5) is 11.4 Å². The predicted octanol–water partition coefficient (Wildman–Crippen LogP) is 3.16. The highest BCUT2D eigenvalue weighted by atomic mass is 16.2. The van der Waals surface area contributed by atoms with Gasteiger partial charge in [-0.15, -0.1) is 0 Å². The maximum Gasteiger partial charge on any atom is 0.258 e. The average Bonchev–Trinajstić information content (AvgIpc) is 2.88. The van der Waals surface area contributed by atoms with Gasteiger partial charge in [-0.3, -0.25) is 14.4 Å². The molecule has 0 saturated carbocycles. The lowest BCUT2D eigenvalue weighted by Crippen LogP contribution is -2.14. The number of anilines is 2. The second-order valence-electron chi connectivity index (χ2n) is 7.21. The Hall–Kier alpha value is -3.48. The molecule has 7 heteroatoms. The maximum absolute atomic E-state index is 12.3. The number of amides is 2. The Morgan fingerprint density at radius 3 is 2.86 bits per heavy atom. The molecule has 2 heterocycles. The monoisotopic (exact) mass is 390 g/mol. The van der Waals surface area contributed by atoms with Gasteiger partial charge >= 0.3 is 0 Å². The van der Waals surface area contributed by atoms with Crippen LogP contribution in [-0.2, 0) is 22.4 Å². The molecule has 1 aliphatic rings. The van der Waals surface area contributed by atoms with Crippen LogP contribution in [0.15, 0.2) is 47.3 Å². The van der Waals surface area contributed by atoms with E-state index in [1.807, 2.05) is 24.3 Å². The van der Waals surface area contributed by atoms with E-state index in [0.717, 1.165) is 29.8 Å². The van der Waals surface area contributed by atoms with E-state index in [1.54, 1.807) is 18.2 Å². The topological polar surface area (TPSA) is 104 Å². The van der Waals surface area contributed by atoms with Crippen LogP contribution in [0.25, 0.3) is 10.9 Å². The first-order valence-electron chi connectivity index (χ1n) is 9.79. The van der Waals surface area contributed by atoms with Gasteiger partial charge in [0.25, 0.3) is 5.56 Å². The molecule has 0 atom stereocenters. The Balaban J connectivity index is 1.34. The maximum atomic E-state index is 12.3. The van der Waals surface area contributed by atoms with Gasteiger partial charge in [0.15, 0.2) is 0 Å². The molecule has 0 fully saturated rings. The smallest absolute Gasteiger partial charge is 0.258 e. The van der Waals surface area contributed by atoms with E-state index in [2.05, 4.69) is 20.6 Å². The van der Waals surface area contributed by atoms with Gasteiger partial charge in [0.2, 0.25) is 11.8 Å². The van der Waals surface area contributed by atoms with Crippen molar-refractivity contribution in [2.75, 3.05) is 10.6 Å².